The van der Waals surface area contributed by atoms with Gasteiger partial charge in [-0.3, -0.25) is 15.1 Å². The molecule has 1 amide bonds. The summed E-state index contributed by atoms with van der Waals surface area (Å²) in [5.41, 5.74) is 3.25. The summed E-state index contributed by atoms with van der Waals surface area (Å²) in [4.78, 5) is 17.7. The predicted molar refractivity (Wildman–Crippen MR) is 92.4 cm³/mol. The monoisotopic (exact) mass is 423 g/mol. The number of rotatable bonds is 7. The Hall–Kier alpha value is -2.31. The minimum absolute atomic E-state index is 0.0520. The second kappa shape index (κ2) is 8.80. The molecule has 0 atom stereocenters. The summed E-state index contributed by atoms with van der Waals surface area (Å²) < 4.78 is 66.7. The second-order valence-electron chi connectivity index (χ2n) is 6.04. The number of amides is 1. The number of hydrogen-bond acceptors (Lipinski definition) is 6. The normalized spacial score (nSPS) is 15.7. The number of hydroxylamine groups is 1. The fourth-order valence-electron chi connectivity index (χ4n) is 2.24. The number of nitrogens with zero attached hydrogens (tertiary/aromatic N) is 2. The topological polar surface area (TPSA) is 88.2 Å². The first-order valence-corrected chi connectivity index (χ1v) is 9.56. The van der Waals surface area contributed by atoms with Crippen molar-refractivity contribution in [2.45, 2.75) is 17.7 Å². The van der Waals surface area contributed by atoms with Gasteiger partial charge >= 0.3 is 6.36 Å². The smallest absolute Gasteiger partial charge is 0.406 e. The Kier molecular flexibility index (Phi) is 6.91. The SMILES string of the molecule is CN(C)C(=O)CONC1=CCN(S(=O)(=O)c2ccc(OC(F)(F)F)cc2)CC1. The van der Waals surface area contributed by atoms with Crippen molar-refractivity contribution < 1.29 is 36.0 Å². The molecule has 1 N–H and O–H groups in total. The highest BCUT2D eigenvalue weighted by Crippen LogP contribution is 2.26. The first-order chi connectivity index (χ1) is 13.0. The van der Waals surface area contributed by atoms with Crippen molar-refractivity contribution in [3.8, 4) is 5.75 Å². The Morgan fingerprint density at radius 2 is 1.89 bits per heavy atom. The van der Waals surface area contributed by atoms with Crippen LogP contribution in [-0.2, 0) is 19.7 Å². The van der Waals surface area contributed by atoms with E-state index in [4.69, 9.17) is 4.84 Å². The fraction of sp³-hybridized carbons (Fsp3) is 0.438. The average Bonchev–Trinajstić information content (AvgIpc) is 2.61. The molecular formula is C16H20F3N3O5S. The van der Waals surface area contributed by atoms with Crippen molar-refractivity contribution in [2.75, 3.05) is 33.8 Å². The molecule has 12 heteroatoms. The van der Waals surface area contributed by atoms with E-state index >= 15 is 0 Å². The van der Waals surface area contributed by atoms with Gasteiger partial charge in [0.15, 0.2) is 6.61 Å². The van der Waals surface area contributed by atoms with Gasteiger partial charge in [-0.2, -0.15) is 4.31 Å². The molecule has 1 aromatic rings. The van der Waals surface area contributed by atoms with Gasteiger partial charge in [-0.1, -0.05) is 0 Å². The van der Waals surface area contributed by atoms with Crippen LogP contribution < -0.4 is 10.2 Å². The first-order valence-electron chi connectivity index (χ1n) is 8.12. The maximum Gasteiger partial charge on any atom is 0.573 e. The van der Waals surface area contributed by atoms with E-state index in [1.165, 1.54) is 9.21 Å². The average molecular weight is 423 g/mol. The van der Waals surface area contributed by atoms with Crippen molar-refractivity contribution in [1.82, 2.24) is 14.7 Å². The summed E-state index contributed by atoms with van der Waals surface area (Å²) in [6.45, 7) is 0.0299. The largest absolute Gasteiger partial charge is 0.573 e. The standard InChI is InChI=1S/C16H20F3N3O5S/c1-21(2)15(23)11-26-20-12-7-9-22(10-8-12)28(24,25)14-5-3-13(4-6-14)27-16(17,18)19/h3-7,20H,8-11H2,1-2H3. The van der Waals surface area contributed by atoms with Gasteiger partial charge in [0, 0.05) is 39.3 Å². The van der Waals surface area contributed by atoms with E-state index < -0.39 is 22.1 Å². The van der Waals surface area contributed by atoms with Crippen molar-refractivity contribution in [1.29, 1.82) is 0 Å². The molecule has 0 saturated heterocycles. The molecule has 0 fully saturated rings. The van der Waals surface area contributed by atoms with E-state index in [0.717, 1.165) is 24.3 Å². The van der Waals surface area contributed by atoms with Gasteiger partial charge in [0.25, 0.3) is 5.91 Å². The number of nitrogens with one attached hydrogen (secondary N) is 1. The molecular weight excluding hydrogens is 403 g/mol. The zero-order valence-electron chi connectivity index (χ0n) is 15.2. The lowest BCUT2D eigenvalue weighted by molar-refractivity contribution is -0.274. The number of likely N-dealkylation sites (N-methyl/N-ethyl adjacent to an activating group) is 1. The second-order valence-corrected chi connectivity index (χ2v) is 7.98. The minimum Gasteiger partial charge on any atom is -0.406 e. The van der Waals surface area contributed by atoms with Gasteiger partial charge in [-0.25, -0.2) is 8.42 Å². The Bertz CT molecular complexity index is 823. The van der Waals surface area contributed by atoms with Gasteiger partial charge < -0.3 is 9.64 Å². The summed E-state index contributed by atoms with van der Waals surface area (Å²) in [5, 5.41) is 0. The van der Waals surface area contributed by atoms with E-state index in [0.29, 0.717) is 12.1 Å². The lowest BCUT2D eigenvalue weighted by atomic mass is 10.2. The van der Waals surface area contributed by atoms with Crippen molar-refractivity contribution in [2.24, 2.45) is 0 Å². The van der Waals surface area contributed by atoms with Crippen molar-refractivity contribution in [3.63, 3.8) is 0 Å². The zero-order chi connectivity index (χ0) is 20.9. The summed E-state index contributed by atoms with van der Waals surface area (Å²) in [5.74, 6) is -0.730. The lowest BCUT2D eigenvalue weighted by Crippen LogP contribution is -2.37. The maximum absolute atomic E-state index is 12.6. The summed E-state index contributed by atoms with van der Waals surface area (Å²) >= 11 is 0. The van der Waals surface area contributed by atoms with E-state index in [9.17, 15) is 26.4 Å². The van der Waals surface area contributed by atoms with Crippen LogP contribution in [0.15, 0.2) is 40.9 Å². The van der Waals surface area contributed by atoms with Crippen LogP contribution in [0.2, 0.25) is 0 Å². The van der Waals surface area contributed by atoms with Crippen molar-refractivity contribution >= 4 is 15.9 Å². The zero-order valence-corrected chi connectivity index (χ0v) is 16.0. The van der Waals surface area contributed by atoms with Gasteiger partial charge in [0.1, 0.15) is 5.75 Å². The summed E-state index contributed by atoms with van der Waals surface area (Å²) in [6.07, 6.45) is -2.92. The molecule has 0 spiro atoms. The van der Waals surface area contributed by atoms with Crippen LogP contribution >= 0.6 is 0 Å². The number of alkyl halides is 3. The molecule has 0 bridgehead atoms. The molecule has 0 unspecified atom stereocenters. The highest BCUT2D eigenvalue weighted by molar-refractivity contribution is 7.89. The van der Waals surface area contributed by atoms with Crippen LogP contribution in [0.4, 0.5) is 13.2 Å². The van der Waals surface area contributed by atoms with Crippen LogP contribution in [0.3, 0.4) is 0 Å². The maximum atomic E-state index is 12.6. The summed E-state index contributed by atoms with van der Waals surface area (Å²) in [7, 11) is -0.682. The number of halogens is 3. The van der Waals surface area contributed by atoms with Gasteiger partial charge in [0.05, 0.1) is 4.90 Å². The van der Waals surface area contributed by atoms with Crippen molar-refractivity contribution in [3.05, 3.63) is 36.0 Å². The number of sulfonamides is 1. The quantitative estimate of drug-likeness (QED) is 0.669. The molecule has 0 saturated carbocycles. The molecule has 1 aromatic carbocycles. The predicted octanol–water partition coefficient (Wildman–Crippen LogP) is 1.47. The van der Waals surface area contributed by atoms with Gasteiger partial charge in [-0.05, 0) is 30.3 Å². The molecule has 0 aliphatic carbocycles. The van der Waals surface area contributed by atoms with E-state index in [-0.39, 0.29) is 30.5 Å². The first kappa shape index (κ1) is 22.0. The molecule has 1 heterocycles. The molecule has 0 aromatic heterocycles. The molecule has 1 aliphatic rings. The summed E-state index contributed by atoms with van der Waals surface area (Å²) in [6, 6.07) is 4.01. The highest BCUT2D eigenvalue weighted by atomic mass is 32.2. The number of carbonyl (C=O) groups excluding carboxylic acids is 1. The third-order valence-corrected chi connectivity index (χ3v) is 5.64. The third kappa shape index (κ3) is 6.11. The Morgan fingerprint density at radius 1 is 1.25 bits per heavy atom. The van der Waals surface area contributed by atoms with Crippen LogP contribution in [0, 0.1) is 0 Å². The molecule has 156 valence electrons. The Morgan fingerprint density at radius 3 is 2.39 bits per heavy atom. The fourth-order valence-corrected chi connectivity index (χ4v) is 3.62. The van der Waals surface area contributed by atoms with Gasteiger partial charge in [-0.15, -0.1) is 13.2 Å². The van der Waals surface area contributed by atoms with Crippen LogP contribution in [0.25, 0.3) is 0 Å². The molecule has 0 radical (unpaired) electrons. The number of carbonyl (C=O) groups is 1. The minimum atomic E-state index is -4.85. The Balaban J connectivity index is 1.95. The molecule has 1 aliphatic heterocycles. The molecule has 8 nitrogen and oxygen atoms in total. The number of benzene rings is 1. The van der Waals surface area contributed by atoms with Crippen LogP contribution in [-0.4, -0.2) is 63.7 Å². The van der Waals surface area contributed by atoms with Crippen LogP contribution in [0.5, 0.6) is 5.75 Å². The third-order valence-electron chi connectivity index (χ3n) is 3.76. The molecule has 2 rings (SSSR count). The Labute approximate surface area is 160 Å². The van der Waals surface area contributed by atoms with Crippen LogP contribution in [0.1, 0.15) is 6.42 Å². The molecule has 28 heavy (non-hydrogen) atoms. The number of ether oxygens (including phenoxy) is 1. The van der Waals surface area contributed by atoms with E-state index in [2.05, 4.69) is 10.2 Å². The van der Waals surface area contributed by atoms with Gasteiger partial charge in [0.2, 0.25) is 10.0 Å². The lowest BCUT2D eigenvalue weighted by Gasteiger charge is -2.26. The number of hydrogen-bond donors (Lipinski definition) is 1. The highest BCUT2D eigenvalue weighted by Gasteiger charge is 2.31. The van der Waals surface area contributed by atoms with E-state index in [1.54, 1.807) is 20.2 Å². The van der Waals surface area contributed by atoms with E-state index in [1.807, 2.05) is 0 Å².